The minimum Gasteiger partial charge on any atom is -0.459 e. The van der Waals surface area contributed by atoms with Crippen LogP contribution in [0.5, 0.6) is 0 Å². The number of anilines is 1. The second-order valence-corrected chi connectivity index (χ2v) is 6.07. The zero-order chi connectivity index (χ0) is 17.6. The molecule has 2 aromatic heterocycles. The van der Waals surface area contributed by atoms with Crippen LogP contribution in [0, 0.1) is 0 Å². The minimum atomic E-state index is -0.413. The van der Waals surface area contributed by atoms with Gasteiger partial charge in [-0.3, -0.25) is 9.59 Å². The van der Waals surface area contributed by atoms with Gasteiger partial charge in [0, 0.05) is 5.69 Å². The predicted octanol–water partition coefficient (Wildman–Crippen LogP) is 3.75. The fraction of sp³-hybridized carbons (Fsp3) is 0.0556. The average molecular weight is 353 g/mol. The molecule has 25 heavy (non-hydrogen) atoms. The van der Waals surface area contributed by atoms with Crippen molar-refractivity contribution in [3.05, 3.63) is 76.4 Å². The predicted molar refractivity (Wildman–Crippen MR) is 97.1 cm³/mol. The molecule has 2 N–H and O–H groups in total. The van der Waals surface area contributed by atoms with Crippen LogP contribution in [0.1, 0.15) is 32.7 Å². The van der Waals surface area contributed by atoms with Gasteiger partial charge in [0.05, 0.1) is 16.9 Å². The molecule has 2 amide bonds. The molecule has 6 nitrogen and oxygen atoms in total. The van der Waals surface area contributed by atoms with Crippen molar-refractivity contribution in [3.63, 3.8) is 0 Å². The Morgan fingerprint density at radius 2 is 1.84 bits per heavy atom. The highest BCUT2D eigenvalue weighted by Crippen LogP contribution is 2.14. The molecule has 0 radical (unpaired) electrons. The van der Waals surface area contributed by atoms with Gasteiger partial charge in [-0.15, -0.1) is 11.3 Å². The van der Waals surface area contributed by atoms with Crippen LogP contribution in [0.25, 0.3) is 0 Å². The second kappa shape index (κ2) is 7.59. The minimum absolute atomic E-state index is 0.140. The molecule has 0 atom stereocenters. The van der Waals surface area contributed by atoms with Crippen LogP contribution in [-0.4, -0.2) is 17.5 Å². The lowest BCUT2D eigenvalue weighted by molar-refractivity contribution is 0.0926. The normalized spacial score (nSPS) is 11.2. The molecule has 0 aliphatic rings. The van der Waals surface area contributed by atoms with E-state index in [1.165, 1.54) is 17.6 Å². The number of hydrazone groups is 1. The Labute approximate surface area is 148 Å². The molecular weight excluding hydrogens is 338 g/mol. The number of furan rings is 1. The van der Waals surface area contributed by atoms with Crippen LogP contribution in [0.4, 0.5) is 5.69 Å². The molecule has 3 rings (SSSR count). The van der Waals surface area contributed by atoms with Gasteiger partial charge >= 0.3 is 5.91 Å². The van der Waals surface area contributed by atoms with Crippen molar-refractivity contribution in [2.24, 2.45) is 5.10 Å². The summed E-state index contributed by atoms with van der Waals surface area (Å²) in [6, 6.07) is 14.0. The molecule has 126 valence electrons. The Hall–Kier alpha value is -3.19. The maximum Gasteiger partial charge on any atom is 0.307 e. The van der Waals surface area contributed by atoms with Crippen molar-refractivity contribution in [1.29, 1.82) is 0 Å². The van der Waals surface area contributed by atoms with Gasteiger partial charge in [-0.25, -0.2) is 5.43 Å². The van der Waals surface area contributed by atoms with E-state index in [0.29, 0.717) is 16.3 Å². The molecule has 0 aliphatic carbocycles. The van der Waals surface area contributed by atoms with Crippen LogP contribution in [0.15, 0.2) is 69.7 Å². The first kappa shape index (κ1) is 16.7. The molecule has 0 unspecified atom stereocenters. The third kappa shape index (κ3) is 4.21. The molecule has 1 aromatic carbocycles. The summed E-state index contributed by atoms with van der Waals surface area (Å²) >= 11 is 1.39. The van der Waals surface area contributed by atoms with Gasteiger partial charge in [0.15, 0.2) is 5.76 Å². The van der Waals surface area contributed by atoms with Crippen LogP contribution >= 0.6 is 11.3 Å². The largest absolute Gasteiger partial charge is 0.459 e. The molecule has 0 aliphatic heterocycles. The Morgan fingerprint density at radius 1 is 1.04 bits per heavy atom. The highest BCUT2D eigenvalue weighted by molar-refractivity contribution is 7.12. The molecule has 0 spiro atoms. The summed E-state index contributed by atoms with van der Waals surface area (Å²) < 4.78 is 5.00. The van der Waals surface area contributed by atoms with E-state index in [-0.39, 0.29) is 11.7 Å². The van der Waals surface area contributed by atoms with Crippen molar-refractivity contribution in [2.75, 3.05) is 5.32 Å². The number of thiophene rings is 1. The summed E-state index contributed by atoms with van der Waals surface area (Å²) in [5, 5.41) is 8.74. The molecule has 3 aromatic rings. The van der Waals surface area contributed by atoms with E-state index in [4.69, 9.17) is 4.42 Å². The highest BCUT2D eigenvalue weighted by atomic mass is 32.1. The summed E-state index contributed by atoms with van der Waals surface area (Å²) in [4.78, 5) is 24.4. The van der Waals surface area contributed by atoms with Crippen molar-refractivity contribution in [1.82, 2.24) is 5.43 Å². The van der Waals surface area contributed by atoms with Crippen molar-refractivity contribution >= 4 is 34.6 Å². The van der Waals surface area contributed by atoms with E-state index < -0.39 is 5.91 Å². The van der Waals surface area contributed by atoms with Crippen LogP contribution < -0.4 is 10.7 Å². The lowest BCUT2D eigenvalue weighted by Crippen LogP contribution is -2.18. The summed E-state index contributed by atoms with van der Waals surface area (Å²) in [6.07, 6.45) is 1.43. The summed E-state index contributed by atoms with van der Waals surface area (Å²) in [5.74, 6) is -0.355. The molecule has 2 heterocycles. The van der Waals surface area contributed by atoms with Gasteiger partial charge in [0.1, 0.15) is 0 Å². The van der Waals surface area contributed by atoms with Crippen LogP contribution in [0.3, 0.4) is 0 Å². The van der Waals surface area contributed by atoms with Crippen LogP contribution in [0.2, 0.25) is 0 Å². The number of benzene rings is 1. The molecule has 0 saturated carbocycles. The Bertz CT molecular complexity index is 882. The van der Waals surface area contributed by atoms with E-state index in [0.717, 1.165) is 5.56 Å². The number of amides is 2. The molecule has 0 bridgehead atoms. The number of hydrogen-bond donors (Lipinski definition) is 2. The summed E-state index contributed by atoms with van der Waals surface area (Å²) in [7, 11) is 0. The number of carbonyl (C=O) groups excluding carboxylic acids is 2. The smallest absolute Gasteiger partial charge is 0.307 e. The van der Waals surface area contributed by atoms with Gasteiger partial charge in [0.25, 0.3) is 5.91 Å². The Balaban J connectivity index is 1.62. The first-order chi connectivity index (χ1) is 12.1. The van der Waals surface area contributed by atoms with Crippen molar-refractivity contribution < 1.29 is 14.0 Å². The first-order valence-corrected chi connectivity index (χ1v) is 8.35. The summed E-state index contributed by atoms with van der Waals surface area (Å²) in [6.45, 7) is 1.78. The highest BCUT2D eigenvalue weighted by Gasteiger charge is 2.08. The second-order valence-electron chi connectivity index (χ2n) is 5.12. The Morgan fingerprint density at radius 3 is 2.48 bits per heavy atom. The average Bonchev–Trinajstić information content (AvgIpc) is 3.33. The number of rotatable bonds is 5. The van der Waals surface area contributed by atoms with Gasteiger partial charge in [-0.2, -0.15) is 5.10 Å². The van der Waals surface area contributed by atoms with Crippen molar-refractivity contribution in [2.45, 2.75) is 6.92 Å². The van der Waals surface area contributed by atoms with E-state index in [1.807, 2.05) is 23.6 Å². The maximum absolute atomic E-state index is 12.0. The topological polar surface area (TPSA) is 83.7 Å². The monoisotopic (exact) mass is 353 g/mol. The third-order valence-corrected chi connectivity index (χ3v) is 4.24. The van der Waals surface area contributed by atoms with Gasteiger partial charge < -0.3 is 9.73 Å². The lowest BCUT2D eigenvalue weighted by atomic mass is 10.1. The zero-order valence-electron chi connectivity index (χ0n) is 13.4. The first-order valence-electron chi connectivity index (χ1n) is 7.47. The molecular formula is C18H15N3O3S. The van der Waals surface area contributed by atoms with Crippen molar-refractivity contribution in [3.8, 4) is 0 Å². The van der Waals surface area contributed by atoms with E-state index >= 15 is 0 Å². The number of hydrogen-bond acceptors (Lipinski definition) is 5. The fourth-order valence-corrected chi connectivity index (χ4v) is 2.68. The zero-order valence-corrected chi connectivity index (χ0v) is 14.2. The molecule has 0 saturated heterocycles. The number of nitrogens with zero attached hydrogens (tertiary/aromatic N) is 1. The Kier molecular flexibility index (Phi) is 5.06. The molecule has 0 fully saturated rings. The van der Waals surface area contributed by atoms with E-state index in [1.54, 1.807) is 37.3 Å². The summed E-state index contributed by atoms with van der Waals surface area (Å²) in [5.41, 5.74) is 4.59. The maximum atomic E-state index is 12.0. The number of nitrogens with one attached hydrogen (secondary N) is 2. The van der Waals surface area contributed by atoms with Crippen LogP contribution in [-0.2, 0) is 0 Å². The van der Waals surface area contributed by atoms with Gasteiger partial charge in [-0.05, 0) is 48.2 Å². The van der Waals surface area contributed by atoms with Gasteiger partial charge in [0.2, 0.25) is 0 Å². The standard InChI is InChI=1S/C18H15N3O3S/c1-12(20-21-17(22)15-4-2-10-24-15)13-6-8-14(9-7-13)19-18(23)16-5-3-11-25-16/h2-11H,1H3,(H,19,23)(H,21,22)/b20-12+. The third-order valence-electron chi connectivity index (χ3n) is 3.38. The van der Waals surface area contributed by atoms with Gasteiger partial charge in [-0.1, -0.05) is 18.2 Å². The fourth-order valence-electron chi connectivity index (χ4n) is 2.06. The number of carbonyl (C=O) groups is 2. The lowest BCUT2D eigenvalue weighted by Gasteiger charge is -2.06. The van der Waals surface area contributed by atoms with E-state index in [2.05, 4.69) is 15.8 Å². The SMILES string of the molecule is C/C(=N\NC(=O)c1ccco1)c1ccc(NC(=O)c2cccs2)cc1. The van der Waals surface area contributed by atoms with E-state index in [9.17, 15) is 9.59 Å². The quantitative estimate of drug-likeness (QED) is 0.541. The molecule has 7 heteroatoms.